The van der Waals surface area contributed by atoms with Gasteiger partial charge in [0.1, 0.15) is 11.9 Å². The van der Waals surface area contributed by atoms with Crippen LogP contribution in [0, 0.1) is 0 Å². The minimum atomic E-state index is -0.242. The van der Waals surface area contributed by atoms with Gasteiger partial charge in [-0.2, -0.15) is 0 Å². The number of H-pyrrole nitrogens is 1. The second-order valence-electron chi connectivity index (χ2n) is 7.47. The molecule has 4 rings (SSSR count). The maximum absolute atomic E-state index is 12.4. The standard InChI is InChI=1S/C18H26N4O3/c1-21-7-6-13-14(11-21)19-16(20-17(13)23)12-4-8-22(9-5-12)18(24)15-3-2-10-25-15/h12,15H,2-11H2,1H3,(H,19,20,23). The molecule has 3 aliphatic heterocycles. The molecule has 2 saturated heterocycles. The van der Waals surface area contributed by atoms with Crippen molar-refractivity contribution in [2.75, 3.05) is 33.3 Å². The maximum Gasteiger partial charge on any atom is 0.254 e. The molecule has 0 aliphatic carbocycles. The molecular formula is C18H26N4O3. The average Bonchev–Trinajstić information content (AvgIpc) is 3.15. The van der Waals surface area contributed by atoms with Gasteiger partial charge in [0.05, 0.1) is 5.69 Å². The molecule has 1 atom stereocenters. The summed E-state index contributed by atoms with van der Waals surface area (Å²) in [4.78, 5) is 36.7. The monoisotopic (exact) mass is 346 g/mol. The fourth-order valence-corrected chi connectivity index (χ4v) is 4.13. The van der Waals surface area contributed by atoms with Crippen LogP contribution in [0.5, 0.6) is 0 Å². The second kappa shape index (κ2) is 6.88. The summed E-state index contributed by atoms with van der Waals surface area (Å²) < 4.78 is 5.51. The van der Waals surface area contributed by atoms with Crippen LogP contribution in [-0.2, 0) is 22.5 Å². The second-order valence-corrected chi connectivity index (χ2v) is 7.47. The lowest BCUT2D eigenvalue weighted by atomic mass is 9.95. The number of amides is 1. The van der Waals surface area contributed by atoms with Gasteiger partial charge in [-0.1, -0.05) is 0 Å². The predicted octanol–water partition coefficient (Wildman–Crippen LogP) is 0.643. The molecular weight excluding hydrogens is 320 g/mol. The molecule has 0 saturated carbocycles. The molecule has 0 aromatic carbocycles. The van der Waals surface area contributed by atoms with Crippen molar-refractivity contribution in [2.24, 2.45) is 0 Å². The highest BCUT2D eigenvalue weighted by atomic mass is 16.5. The summed E-state index contributed by atoms with van der Waals surface area (Å²) in [5.74, 6) is 1.14. The summed E-state index contributed by atoms with van der Waals surface area (Å²) >= 11 is 0. The lowest BCUT2D eigenvalue weighted by molar-refractivity contribution is -0.142. The minimum Gasteiger partial charge on any atom is -0.368 e. The van der Waals surface area contributed by atoms with E-state index in [2.05, 4.69) is 16.9 Å². The molecule has 7 nitrogen and oxygen atoms in total. The van der Waals surface area contributed by atoms with Gasteiger partial charge in [-0.3, -0.25) is 9.59 Å². The molecule has 136 valence electrons. The van der Waals surface area contributed by atoms with Crippen LogP contribution in [0.1, 0.15) is 48.7 Å². The number of piperidine rings is 1. The molecule has 1 aromatic rings. The van der Waals surface area contributed by atoms with Gasteiger partial charge in [-0.05, 0) is 39.2 Å². The zero-order chi connectivity index (χ0) is 17.4. The van der Waals surface area contributed by atoms with E-state index in [1.54, 1.807) is 0 Å². The van der Waals surface area contributed by atoms with Crippen molar-refractivity contribution in [2.45, 2.75) is 50.7 Å². The molecule has 0 radical (unpaired) electrons. The minimum absolute atomic E-state index is 0.0194. The Morgan fingerprint density at radius 1 is 1.24 bits per heavy atom. The summed E-state index contributed by atoms with van der Waals surface area (Å²) in [7, 11) is 2.06. The van der Waals surface area contributed by atoms with E-state index >= 15 is 0 Å². The van der Waals surface area contributed by atoms with Crippen LogP contribution in [0.2, 0.25) is 0 Å². The van der Waals surface area contributed by atoms with Gasteiger partial charge in [0.15, 0.2) is 0 Å². The summed E-state index contributed by atoms with van der Waals surface area (Å²) in [5.41, 5.74) is 1.78. The van der Waals surface area contributed by atoms with Gasteiger partial charge < -0.3 is 19.5 Å². The van der Waals surface area contributed by atoms with Crippen molar-refractivity contribution < 1.29 is 9.53 Å². The van der Waals surface area contributed by atoms with Crippen molar-refractivity contribution in [1.29, 1.82) is 0 Å². The van der Waals surface area contributed by atoms with E-state index in [9.17, 15) is 9.59 Å². The Balaban J connectivity index is 1.44. The van der Waals surface area contributed by atoms with Crippen molar-refractivity contribution in [3.63, 3.8) is 0 Å². The molecule has 1 aromatic heterocycles. The van der Waals surface area contributed by atoms with E-state index in [-0.39, 0.29) is 23.5 Å². The first-order chi connectivity index (χ1) is 12.1. The van der Waals surface area contributed by atoms with Crippen LogP contribution in [0.4, 0.5) is 0 Å². The van der Waals surface area contributed by atoms with E-state index in [1.807, 2.05) is 4.90 Å². The Labute approximate surface area is 147 Å². The molecule has 2 fully saturated rings. The smallest absolute Gasteiger partial charge is 0.254 e. The number of carbonyl (C=O) groups excluding carboxylic acids is 1. The molecule has 0 bridgehead atoms. The van der Waals surface area contributed by atoms with Crippen molar-refractivity contribution in [1.82, 2.24) is 19.8 Å². The van der Waals surface area contributed by atoms with Gasteiger partial charge in [0.25, 0.3) is 11.5 Å². The number of hydrogen-bond donors (Lipinski definition) is 1. The first kappa shape index (κ1) is 16.7. The fraction of sp³-hybridized carbons (Fsp3) is 0.722. The highest BCUT2D eigenvalue weighted by Gasteiger charge is 2.32. The van der Waals surface area contributed by atoms with Crippen LogP contribution in [0.15, 0.2) is 4.79 Å². The van der Waals surface area contributed by atoms with Gasteiger partial charge in [-0.15, -0.1) is 0 Å². The molecule has 4 heterocycles. The maximum atomic E-state index is 12.4. The number of rotatable bonds is 2. The number of nitrogens with zero attached hydrogens (tertiary/aromatic N) is 3. The third kappa shape index (κ3) is 3.35. The Morgan fingerprint density at radius 2 is 2.04 bits per heavy atom. The van der Waals surface area contributed by atoms with E-state index in [4.69, 9.17) is 9.72 Å². The summed E-state index contributed by atoms with van der Waals surface area (Å²) in [6.07, 6.45) is 4.02. The summed E-state index contributed by atoms with van der Waals surface area (Å²) in [6.45, 7) is 3.76. The van der Waals surface area contributed by atoms with Crippen molar-refractivity contribution in [3.05, 3.63) is 27.4 Å². The van der Waals surface area contributed by atoms with Gasteiger partial charge in [0.2, 0.25) is 0 Å². The molecule has 7 heteroatoms. The highest BCUT2D eigenvalue weighted by molar-refractivity contribution is 5.81. The van der Waals surface area contributed by atoms with E-state index in [0.29, 0.717) is 19.7 Å². The van der Waals surface area contributed by atoms with Crippen LogP contribution < -0.4 is 5.56 Å². The normalized spacial score (nSPS) is 25.2. The van der Waals surface area contributed by atoms with Crippen LogP contribution in [-0.4, -0.2) is 65.1 Å². The van der Waals surface area contributed by atoms with Gasteiger partial charge in [0, 0.05) is 44.3 Å². The predicted molar refractivity (Wildman–Crippen MR) is 92.4 cm³/mol. The zero-order valence-electron chi connectivity index (χ0n) is 14.8. The number of aromatic amines is 1. The number of ether oxygens (including phenoxy) is 1. The molecule has 1 amide bonds. The quantitative estimate of drug-likeness (QED) is 0.850. The van der Waals surface area contributed by atoms with Crippen LogP contribution in [0.3, 0.4) is 0 Å². The Hall–Kier alpha value is -1.73. The number of hydrogen-bond acceptors (Lipinski definition) is 5. The molecule has 3 aliphatic rings. The van der Waals surface area contributed by atoms with Crippen molar-refractivity contribution in [3.8, 4) is 0 Å². The van der Waals surface area contributed by atoms with E-state index in [1.165, 1.54) is 0 Å². The molecule has 1 N–H and O–H groups in total. The molecule has 25 heavy (non-hydrogen) atoms. The Morgan fingerprint density at radius 3 is 2.76 bits per heavy atom. The summed E-state index contributed by atoms with van der Waals surface area (Å²) in [6, 6.07) is 0. The van der Waals surface area contributed by atoms with Crippen LogP contribution in [0.25, 0.3) is 0 Å². The molecule has 0 spiro atoms. The third-order valence-electron chi connectivity index (χ3n) is 5.68. The third-order valence-corrected chi connectivity index (χ3v) is 5.68. The average molecular weight is 346 g/mol. The van der Waals surface area contributed by atoms with Gasteiger partial charge in [-0.25, -0.2) is 4.98 Å². The van der Waals surface area contributed by atoms with E-state index in [0.717, 1.165) is 62.3 Å². The first-order valence-corrected chi connectivity index (χ1v) is 9.32. The van der Waals surface area contributed by atoms with Gasteiger partial charge >= 0.3 is 0 Å². The number of carbonyl (C=O) groups is 1. The highest BCUT2D eigenvalue weighted by Crippen LogP contribution is 2.27. The number of likely N-dealkylation sites (N-methyl/N-ethyl adjacent to an activating group) is 1. The number of nitrogens with one attached hydrogen (secondary N) is 1. The number of fused-ring (bicyclic) bond motifs is 1. The molecule has 1 unspecified atom stereocenters. The number of aromatic nitrogens is 2. The lowest BCUT2D eigenvalue weighted by Gasteiger charge is -2.33. The SMILES string of the molecule is CN1CCc2c(nc(C3CCN(C(=O)C4CCCO4)CC3)[nH]c2=O)C1. The van der Waals surface area contributed by atoms with E-state index < -0.39 is 0 Å². The lowest BCUT2D eigenvalue weighted by Crippen LogP contribution is -2.43. The summed E-state index contributed by atoms with van der Waals surface area (Å²) in [5, 5.41) is 0. The fourth-order valence-electron chi connectivity index (χ4n) is 4.13. The Kier molecular flexibility index (Phi) is 4.60. The Bertz CT molecular complexity index is 703. The van der Waals surface area contributed by atoms with Crippen LogP contribution >= 0.6 is 0 Å². The topological polar surface area (TPSA) is 78.5 Å². The number of likely N-dealkylation sites (tertiary alicyclic amines) is 1. The zero-order valence-corrected chi connectivity index (χ0v) is 14.8. The van der Waals surface area contributed by atoms with Crippen molar-refractivity contribution >= 4 is 5.91 Å². The largest absolute Gasteiger partial charge is 0.368 e. The first-order valence-electron chi connectivity index (χ1n) is 9.32.